The second-order valence-corrected chi connectivity index (χ2v) is 7.62. The van der Waals surface area contributed by atoms with Crippen LogP contribution in [0.2, 0.25) is 0 Å². The van der Waals surface area contributed by atoms with E-state index >= 15 is 0 Å². The van der Waals surface area contributed by atoms with Gasteiger partial charge in [0.15, 0.2) is 0 Å². The topological polar surface area (TPSA) is 72.1 Å². The quantitative estimate of drug-likeness (QED) is 0.542. The normalized spacial score (nSPS) is 13.9. The molecule has 1 saturated carbocycles. The number of fused-ring (bicyclic) bond motifs is 2. The van der Waals surface area contributed by atoms with Gasteiger partial charge in [0.1, 0.15) is 11.0 Å². The lowest BCUT2D eigenvalue weighted by Gasteiger charge is -2.13. The summed E-state index contributed by atoms with van der Waals surface area (Å²) in [6.45, 7) is 0. The average molecular weight is 372 g/mol. The average Bonchev–Trinajstić information content (AvgIpc) is 3.43. The highest BCUT2D eigenvalue weighted by Crippen LogP contribution is 2.44. The summed E-state index contributed by atoms with van der Waals surface area (Å²) < 4.78 is 4.91. The van der Waals surface area contributed by atoms with Crippen molar-refractivity contribution in [3.8, 4) is 11.3 Å². The number of likely N-dealkylation sites (N-methyl/N-ethyl adjacent to an activating group) is 1. The SMILES string of the molecule is CN(C)C(=O)Cc1ccc2nc(-c3cccc4nonc34)cc(C3CC3)c2c1. The Kier molecular flexibility index (Phi) is 3.86. The van der Waals surface area contributed by atoms with E-state index in [1.54, 1.807) is 19.0 Å². The van der Waals surface area contributed by atoms with Gasteiger partial charge in [0.25, 0.3) is 0 Å². The Morgan fingerprint density at radius 3 is 2.75 bits per heavy atom. The van der Waals surface area contributed by atoms with Crippen LogP contribution in [-0.2, 0) is 11.2 Å². The van der Waals surface area contributed by atoms with Crippen LogP contribution < -0.4 is 0 Å². The van der Waals surface area contributed by atoms with Gasteiger partial charge < -0.3 is 4.90 Å². The Morgan fingerprint density at radius 1 is 1.11 bits per heavy atom. The summed E-state index contributed by atoms with van der Waals surface area (Å²) in [5.74, 6) is 0.654. The van der Waals surface area contributed by atoms with Gasteiger partial charge in [-0.2, -0.15) is 0 Å². The van der Waals surface area contributed by atoms with Crippen LogP contribution in [0, 0.1) is 0 Å². The Balaban J connectivity index is 1.65. The van der Waals surface area contributed by atoms with Crippen molar-refractivity contribution in [3.63, 3.8) is 0 Å². The molecule has 5 rings (SSSR count). The monoisotopic (exact) mass is 372 g/mol. The van der Waals surface area contributed by atoms with Crippen molar-refractivity contribution >= 4 is 27.8 Å². The minimum absolute atomic E-state index is 0.0992. The second-order valence-electron chi connectivity index (χ2n) is 7.62. The molecule has 0 unspecified atom stereocenters. The van der Waals surface area contributed by atoms with Gasteiger partial charge >= 0.3 is 0 Å². The van der Waals surface area contributed by atoms with E-state index in [1.165, 1.54) is 18.4 Å². The minimum Gasteiger partial charge on any atom is -0.349 e. The molecule has 2 aromatic heterocycles. The molecule has 1 aliphatic carbocycles. The molecule has 0 radical (unpaired) electrons. The fourth-order valence-electron chi connectivity index (χ4n) is 3.62. The van der Waals surface area contributed by atoms with Crippen LogP contribution in [0.1, 0.15) is 29.9 Å². The first-order valence-corrected chi connectivity index (χ1v) is 9.45. The van der Waals surface area contributed by atoms with Gasteiger partial charge in [0.2, 0.25) is 5.91 Å². The number of carbonyl (C=O) groups excluding carboxylic acids is 1. The van der Waals surface area contributed by atoms with Crippen molar-refractivity contribution in [3.05, 3.63) is 53.6 Å². The van der Waals surface area contributed by atoms with Gasteiger partial charge in [-0.3, -0.25) is 4.79 Å². The van der Waals surface area contributed by atoms with E-state index in [0.29, 0.717) is 12.3 Å². The van der Waals surface area contributed by atoms with Crippen LogP contribution in [-0.4, -0.2) is 40.2 Å². The summed E-state index contributed by atoms with van der Waals surface area (Å²) >= 11 is 0. The van der Waals surface area contributed by atoms with E-state index in [-0.39, 0.29) is 5.91 Å². The third kappa shape index (κ3) is 2.91. The zero-order chi connectivity index (χ0) is 19.3. The van der Waals surface area contributed by atoms with Gasteiger partial charge in [0.05, 0.1) is 17.6 Å². The Morgan fingerprint density at radius 2 is 1.96 bits per heavy atom. The summed E-state index contributed by atoms with van der Waals surface area (Å²) in [4.78, 5) is 18.6. The third-order valence-corrected chi connectivity index (χ3v) is 5.34. The predicted molar refractivity (Wildman–Crippen MR) is 107 cm³/mol. The molecule has 1 aliphatic rings. The van der Waals surface area contributed by atoms with Crippen LogP contribution >= 0.6 is 0 Å². The molecule has 0 aliphatic heterocycles. The summed E-state index contributed by atoms with van der Waals surface area (Å²) in [5.41, 5.74) is 6.52. The van der Waals surface area contributed by atoms with E-state index in [0.717, 1.165) is 38.8 Å². The number of aromatic nitrogens is 3. The van der Waals surface area contributed by atoms with Crippen molar-refractivity contribution in [2.45, 2.75) is 25.2 Å². The molecule has 4 aromatic rings. The second kappa shape index (κ2) is 6.41. The maximum Gasteiger partial charge on any atom is 0.226 e. The molecule has 0 spiro atoms. The molecular weight excluding hydrogens is 352 g/mol. The number of carbonyl (C=O) groups is 1. The van der Waals surface area contributed by atoms with Crippen LogP contribution in [0.25, 0.3) is 33.2 Å². The van der Waals surface area contributed by atoms with E-state index in [2.05, 4.69) is 22.4 Å². The smallest absolute Gasteiger partial charge is 0.226 e. The summed E-state index contributed by atoms with van der Waals surface area (Å²) in [6.07, 6.45) is 2.78. The lowest BCUT2D eigenvalue weighted by molar-refractivity contribution is -0.127. The van der Waals surface area contributed by atoms with E-state index in [1.807, 2.05) is 30.3 Å². The fraction of sp³-hybridized carbons (Fsp3) is 0.273. The van der Waals surface area contributed by atoms with E-state index < -0.39 is 0 Å². The molecule has 2 aromatic carbocycles. The lowest BCUT2D eigenvalue weighted by atomic mass is 9.98. The molecule has 0 saturated heterocycles. The maximum atomic E-state index is 12.1. The molecule has 0 atom stereocenters. The van der Waals surface area contributed by atoms with E-state index in [4.69, 9.17) is 9.61 Å². The molecule has 2 heterocycles. The maximum absolute atomic E-state index is 12.1. The Labute approximate surface area is 162 Å². The van der Waals surface area contributed by atoms with Crippen molar-refractivity contribution in [1.82, 2.24) is 20.2 Å². The molecular formula is C22H20N4O2. The van der Waals surface area contributed by atoms with Crippen molar-refractivity contribution in [2.75, 3.05) is 14.1 Å². The van der Waals surface area contributed by atoms with Crippen molar-refractivity contribution in [1.29, 1.82) is 0 Å². The number of hydrogen-bond acceptors (Lipinski definition) is 5. The first-order chi connectivity index (χ1) is 13.6. The minimum atomic E-state index is 0.0992. The fourth-order valence-corrected chi connectivity index (χ4v) is 3.62. The number of hydrogen-bond donors (Lipinski definition) is 0. The molecule has 140 valence electrons. The summed E-state index contributed by atoms with van der Waals surface area (Å²) in [7, 11) is 3.57. The van der Waals surface area contributed by atoms with Gasteiger partial charge in [-0.25, -0.2) is 9.61 Å². The highest BCUT2D eigenvalue weighted by Gasteiger charge is 2.27. The number of nitrogens with zero attached hydrogens (tertiary/aromatic N) is 4. The largest absolute Gasteiger partial charge is 0.349 e. The van der Waals surface area contributed by atoms with Crippen LogP contribution in [0.3, 0.4) is 0 Å². The van der Waals surface area contributed by atoms with E-state index in [9.17, 15) is 4.79 Å². The van der Waals surface area contributed by atoms with Gasteiger partial charge in [-0.1, -0.05) is 18.2 Å². The van der Waals surface area contributed by atoms with Gasteiger partial charge in [-0.15, -0.1) is 0 Å². The Bertz CT molecular complexity index is 1210. The Hall–Kier alpha value is -3.28. The zero-order valence-electron chi connectivity index (χ0n) is 15.8. The highest BCUT2D eigenvalue weighted by molar-refractivity contribution is 5.93. The molecule has 6 nitrogen and oxygen atoms in total. The standard InChI is InChI=1S/C22H20N4O2/c1-26(2)21(27)11-13-6-9-18-17(10-13)16(14-7-8-14)12-20(23-18)15-4-3-5-19-22(15)25-28-24-19/h3-6,9-10,12,14H,7-8,11H2,1-2H3. The van der Waals surface area contributed by atoms with Gasteiger partial charge in [-0.05, 0) is 64.5 Å². The number of rotatable bonds is 4. The van der Waals surface area contributed by atoms with Gasteiger partial charge in [0, 0.05) is 25.0 Å². The van der Waals surface area contributed by atoms with Crippen molar-refractivity contribution in [2.24, 2.45) is 0 Å². The lowest BCUT2D eigenvalue weighted by Crippen LogP contribution is -2.23. The third-order valence-electron chi connectivity index (χ3n) is 5.34. The summed E-state index contributed by atoms with van der Waals surface area (Å²) in [5, 5.41) is 9.14. The molecule has 6 heteroatoms. The molecule has 1 fully saturated rings. The number of pyridine rings is 1. The molecule has 0 N–H and O–H groups in total. The number of benzene rings is 2. The number of amides is 1. The van der Waals surface area contributed by atoms with Crippen LogP contribution in [0.5, 0.6) is 0 Å². The molecule has 28 heavy (non-hydrogen) atoms. The first-order valence-electron chi connectivity index (χ1n) is 9.45. The van der Waals surface area contributed by atoms with Crippen molar-refractivity contribution < 1.29 is 9.42 Å². The van der Waals surface area contributed by atoms with Crippen LogP contribution in [0.4, 0.5) is 0 Å². The zero-order valence-corrected chi connectivity index (χ0v) is 15.8. The summed E-state index contributed by atoms with van der Waals surface area (Å²) in [6, 6.07) is 14.1. The van der Waals surface area contributed by atoms with Crippen LogP contribution in [0.15, 0.2) is 47.1 Å². The molecule has 0 bridgehead atoms. The first kappa shape index (κ1) is 16.9. The highest BCUT2D eigenvalue weighted by atomic mass is 16.6. The molecule has 1 amide bonds. The predicted octanol–water partition coefficient (Wildman–Crippen LogP) is 3.95.